The topological polar surface area (TPSA) is 81.7 Å². The fourth-order valence-electron chi connectivity index (χ4n) is 4.55. The van der Waals surface area contributed by atoms with Crippen LogP contribution in [-0.2, 0) is 30.0 Å². The van der Waals surface area contributed by atoms with Crippen molar-refractivity contribution in [3.8, 4) is 0 Å². The van der Waals surface area contributed by atoms with Gasteiger partial charge in [0, 0.05) is 5.92 Å². The van der Waals surface area contributed by atoms with Crippen LogP contribution in [0.5, 0.6) is 0 Å². The van der Waals surface area contributed by atoms with E-state index in [2.05, 4.69) is 21.2 Å². The molecule has 0 radical (unpaired) electrons. The summed E-state index contributed by atoms with van der Waals surface area (Å²) in [6, 6.07) is 4.51. The first kappa shape index (κ1) is 19.2. The van der Waals surface area contributed by atoms with E-state index in [9.17, 15) is 27.6 Å². The van der Waals surface area contributed by atoms with Gasteiger partial charge in [-0.1, -0.05) is 28.1 Å². The molecule has 1 aromatic rings. The molecule has 1 aromatic carbocycles. The second-order valence-corrected chi connectivity index (χ2v) is 8.22. The number of alkyl halides is 4. The first-order chi connectivity index (χ1) is 13.2. The van der Waals surface area contributed by atoms with Crippen LogP contribution < -0.4 is 5.32 Å². The molecular formula is C18H15BrF3NO5. The maximum Gasteiger partial charge on any atom is 0.418 e. The Balaban J connectivity index is 1.39. The highest BCUT2D eigenvalue weighted by Gasteiger charge is 2.68. The summed E-state index contributed by atoms with van der Waals surface area (Å²) in [5, 5.41) is 2.11. The van der Waals surface area contributed by atoms with Crippen molar-refractivity contribution < 1.29 is 37.0 Å². The fraction of sp³-hybridized carbons (Fsp3) is 0.500. The van der Waals surface area contributed by atoms with E-state index in [0.29, 0.717) is 6.42 Å². The van der Waals surface area contributed by atoms with Gasteiger partial charge < -0.3 is 14.8 Å². The van der Waals surface area contributed by atoms with Crippen molar-refractivity contribution in [3.05, 3.63) is 29.8 Å². The van der Waals surface area contributed by atoms with Crippen LogP contribution in [0, 0.1) is 23.7 Å². The van der Waals surface area contributed by atoms with Crippen LogP contribution in [0.1, 0.15) is 12.0 Å². The Kier molecular flexibility index (Phi) is 4.64. The standard InChI is InChI=1S/C18H15BrF3NO5/c19-14-7-5-8-13(17(26)28-15(8)14)12(7)16(25)27-6-11(24)23-10-4-2-1-3-9(10)18(20,21)22/h1-4,7-8,12-15H,5-6H2,(H,23,24)/t7-,8-,12-,13+,14-,15+/m1/s1. The highest BCUT2D eigenvalue weighted by Crippen LogP contribution is 2.60. The van der Waals surface area contributed by atoms with Crippen LogP contribution in [-0.4, -0.2) is 35.4 Å². The number of nitrogens with one attached hydrogen (secondary N) is 1. The minimum Gasteiger partial charge on any atom is -0.461 e. The van der Waals surface area contributed by atoms with E-state index in [-0.39, 0.29) is 22.8 Å². The molecule has 1 saturated heterocycles. The van der Waals surface area contributed by atoms with E-state index in [4.69, 9.17) is 9.47 Å². The van der Waals surface area contributed by atoms with Gasteiger partial charge in [-0.25, -0.2) is 0 Å². The minimum atomic E-state index is -4.63. The molecule has 1 heterocycles. The summed E-state index contributed by atoms with van der Waals surface area (Å²) in [4.78, 5) is 36.4. The molecule has 2 bridgehead atoms. The predicted octanol–water partition coefficient (Wildman–Crippen LogP) is 2.76. The monoisotopic (exact) mass is 461 g/mol. The SMILES string of the molecule is O=C(COC(=O)[C@@H]1[C@H]2C[C@H]3[C@H](OC(=O)[C@@H]31)[C@@H]2Br)Nc1ccccc1C(F)(F)F. The molecule has 0 spiro atoms. The third-order valence-corrected chi connectivity index (χ3v) is 6.85. The molecular weight excluding hydrogens is 447 g/mol. The lowest BCUT2D eigenvalue weighted by Crippen LogP contribution is -2.39. The average molecular weight is 462 g/mol. The zero-order valence-corrected chi connectivity index (χ0v) is 15.8. The summed E-state index contributed by atoms with van der Waals surface area (Å²) in [5.41, 5.74) is -1.41. The van der Waals surface area contributed by atoms with Crippen molar-refractivity contribution in [3.63, 3.8) is 0 Å². The molecule has 1 aliphatic heterocycles. The summed E-state index contributed by atoms with van der Waals surface area (Å²) in [7, 11) is 0. The lowest BCUT2D eigenvalue weighted by atomic mass is 9.80. The number of ether oxygens (including phenoxy) is 2. The molecule has 2 saturated carbocycles. The molecule has 1 amide bonds. The maximum absolute atomic E-state index is 13.0. The number of hydrogen-bond donors (Lipinski definition) is 1. The zero-order chi connectivity index (χ0) is 20.2. The molecule has 6 atom stereocenters. The second kappa shape index (κ2) is 6.75. The maximum atomic E-state index is 13.0. The number of hydrogen-bond acceptors (Lipinski definition) is 5. The summed E-state index contributed by atoms with van der Waals surface area (Å²) < 4.78 is 49.3. The van der Waals surface area contributed by atoms with Gasteiger partial charge in [0.15, 0.2) is 6.61 Å². The van der Waals surface area contributed by atoms with Crippen LogP contribution in [0.15, 0.2) is 24.3 Å². The average Bonchev–Trinajstić information content (AvgIpc) is 3.23. The van der Waals surface area contributed by atoms with Crippen LogP contribution in [0.3, 0.4) is 0 Å². The van der Waals surface area contributed by atoms with E-state index in [1.807, 2.05) is 0 Å². The third kappa shape index (κ3) is 3.07. The first-order valence-corrected chi connectivity index (χ1v) is 9.57. The molecule has 0 aromatic heterocycles. The van der Waals surface area contributed by atoms with Gasteiger partial charge in [-0.05, 0) is 24.5 Å². The largest absolute Gasteiger partial charge is 0.461 e. The smallest absolute Gasteiger partial charge is 0.418 e. The van der Waals surface area contributed by atoms with Crippen LogP contribution in [0.25, 0.3) is 0 Å². The molecule has 3 aliphatic rings. The highest BCUT2D eigenvalue weighted by molar-refractivity contribution is 9.09. The number of carbonyl (C=O) groups excluding carboxylic acids is 3. The molecule has 3 fully saturated rings. The number of halogens is 4. The molecule has 28 heavy (non-hydrogen) atoms. The Labute approximate surface area is 165 Å². The first-order valence-electron chi connectivity index (χ1n) is 8.65. The van der Waals surface area contributed by atoms with Gasteiger partial charge in [-0.2, -0.15) is 13.2 Å². The number of amides is 1. The fourth-order valence-corrected chi connectivity index (χ4v) is 5.60. The van der Waals surface area contributed by atoms with Crippen molar-refractivity contribution in [1.82, 2.24) is 0 Å². The number of rotatable bonds is 4. The van der Waals surface area contributed by atoms with Gasteiger partial charge >= 0.3 is 18.1 Å². The number of anilines is 1. The lowest BCUT2D eigenvalue weighted by molar-refractivity contribution is -0.157. The van der Waals surface area contributed by atoms with Crippen molar-refractivity contribution in [2.75, 3.05) is 11.9 Å². The molecule has 0 unspecified atom stereocenters. The van der Waals surface area contributed by atoms with E-state index in [0.717, 1.165) is 12.1 Å². The van der Waals surface area contributed by atoms with Gasteiger partial charge in [0.1, 0.15) is 6.10 Å². The molecule has 4 rings (SSSR count). The van der Waals surface area contributed by atoms with Crippen molar-refractivity contribution in [1.29, 1.82) is 0 Å². The van der Waals surface area contributed by atoms with Gasteiger partial charge in [0.2, 0.25) is 0 Å². The van der Waals surface area contributed by atoms with Crippen molar-refractivity contribution in [2.24, 2.45) is 23.7 Å². The van der Waals surface area contributed by atoms with Gasteiger partial charge in [0.25, 0.3) is 5.91 Å². The molecule has 1 N–H and O–H groups in total. The Bertz CT molecular complexity index is 845. The molecule has 6 nitrogen and oxygen atoms in total. The Morgan fingerprint density at radius 2 is 1.96 bits per heavy atom. The Morgan fingerprint density at radius 3 is 2.68 bits per heavy atom. The number of para-hydroxylation sites is 1. The van der Waals surface area contributed by atoms with E-state index < -0.39 is 53.7 Å². The minimum absolute atomic E-state index is 0.0492. The molecule has 150 valence electrons. The quantitative estimate of drug-likeness (QED) is 0.550. The van der Waals surface area contributed by atoms with Crippen molar-refractivity contribution >= 4 is 39.5 Å². The van der Waals surface area contributed by atoms with E-state index in [1.54, 1.807) is 0 Å². The summed E-state index contributed by atoms with van der Waals surface area (Å²) in [6.45, 7) is -0.739. The van der Waals surface area contributed by atoms with Crippen LogP contribution >= 0.6 is 15.9 Å². The molecule has 10 heteroatoms. The number of carbonyl (C=O) groups is 3. The van der Waals surface area contributed by atoms with E-state index >= 15 is 0 Å². The highest BCUT2D eigenvalue weighted by atomic mass is 79.9. The van der Waals surface area contributed by atoms with Crippen LogP contribution in [0.2, 0.25) is 0 Å². The summed E-state index contributed by atoms with van der Waals surface area (Å²) in [6.07, 6.45) is -4.22. The van der Waals surface area contributed by atoms with Gasteiger partial charge in [-0.3, -0.25) is 14.4 Å². The number of esters is 2. The second-order valence-electron chi connectivity index (χ2n) is 7.16. The molecule has 2 aliphatic carbocycles. The Morgan fingerprint density at radius 1 is 1.25 bits per heavy atom. The number of benzene rings is 1. The zero-order valence-electron chi connectivity index (χ0n) is 14.2. The lowest BCUT2D eigenvalue weighted by Gasteiger charge is -2.26. The predicted molar refractivity (Wildman–Crippen MR) is 92.2 cm³/mol. The van der Waals surface area contributed by atoms with Crippen LogP contribution in [0.4, 0.5) is 18.9 Å². The summed E-state index contributed by atoms with van der Waals surface area (Å²) in [5.74, 6) is -3.51. The van der Waals surface area contributed by atoms with Crippen molar-refractivity contribution in [2.45, 2.75) is 23.5 Å². The third-order valence-electron chi connectivity index (χ3n) is 5.65. The van der Waals surface area contributed by atoms with E-state index in [1.165, 1.54) is 12.1 Å². The van der Waals surface area contributed by atoms with Gasteiger partial charge in [-0.15, -0.1) is 0 Å². The Hall–Kier alpha value is -2.10. The number of fused-ring (bicyclic) bond motifs is 1. The summed E-state index contributed by atoms with van der Waals surface area (Å²) >= 11 is 3.46. The normalized spacial score (nSPS) is 32.9. The van der Waals surface area contributed by atoms with Gasteiger partial charge in [0.05, 0.1) is 27.9 Å².